The molecule has 1 aliphatic rings. The molecule has 2 atom stereocenters. The molecule has 1 N–H and O–H groups in total. The number of likely N-dealkylation sites (N-methyl/N-ethyl adjacent to an activating group) is 1. The third kappa shape index (κ3) is 4.70. The Bertz CT molecular complexity index is 406. The topological polar surface area (TPSA) is 33.7 Å². The highest BCUT2D eigenvalue weighted by Gasteiger charge is 2.24. The monoisotopic (exact) mass is 292 g/mol. The van der Waals surface area contributed by atoms with Crippen LogP contribution in [0.1, 0.15) is 31.9 Å². The molecule has 1 aromatic rings. The van der Waals surface area contributed by atoms with Gasteiger partial charge >= 0.3 is 0 Å². The zero-order valence-corrected chi connectivity index (χ0v) is 13.5. The molecule has 0 radical (unpaired) electrons. The van der Waals surface area contributed by atoms with Crippen molar-refractivity contribution in [1.29, 1.82) is 0 Å². The number of ether oxygens (including phenoxy) is 2. The summed E-state index contributed by atoms with van der Waals surface area (Å²) in [5.74, 6) is 0.961. The molecular formula is C17H28N2O2. The molecule has 0 bridgehead atoms. The second-order valence-electron chi connectivity index (χ2n) is 5.64. The first-order valence-electron chi connectivity index (χ1n) is 7.97. The summed E-state index contributed by atoms with van der Waals surface area (Å²) < 4.78 is 11.4. The first-order chi connectivity index (χ1) is 10.2. The van der Waals surface area contributed by atoms with Gasteiger partial charge in [-0.15, -0.1) is 0 Å². The third-order valence-corrected chi connectivity index (χ3v) is 3.99. The van der Waals surface area contributed by atoms with Crippen molar-refractivity contribution in [3.63, 3.8) is 0 Å². The van der Waals surface area contributed by atoms with Crippen molar-refractivity contribution < 1.29 is 9.47 Å². The summed E-state index contributed by atoms with van der Waals surface area (Å²) in [4.78, 5) is 2.49. The predicted octanol–water partition coefficient (Wildman–Crippen LogP) is 2.46. The third-order valence-electron chi connectivity index (χ3n) is 3.99. The van der Waals surface area contributed by atoms with Crippen molar-refractivity contribution in [2.24, 2.45) is 0 Å². The second-order valence-corrected chi connectivity index (χ2v) is 5.64. The molecular weight excluding hydrogens is 264 g/mol. The molecule has 1 heterocycles. The van der Waals surface area contributed by atoms with E-state index in [1.807, 2.05) is 7.05 Å². The number of hydrogen-bond acceptors (Lipinski definition) is 4. The lowest BCUT2D eigenvalue weighted by Crippen LogP contribution is -2.46. The molecule has 0 amide bonds. The van der Waals surface area contributed by atoms with E-state index >= 15 is 0 Å². The summed E-state index contributed by atoms with van der Waals surface area (Å²) in [5, 5.41) is 3.20. The number of morpholine rings is 1. The number of nitrogens with one attached hydrogen (secondary N) is 1. The molecule has 2 unspecified atom stereocenters. The summed E-state index contributed by atoms with van der Waals surface area (Å²) in [6.45, 7) is 8.87. The van der Waals surface area contributed by atoms with Crippen LogP contribution >= 0.6 is 0 Å². The first-order valence-corrected chi connectivity index (χ1v) is 7.97. The summed E-state index contributed by atoms with van der Waals surface area (Å²) in [7, 11) is 1.97. The van der Waals surface area contributed by atoms with Crippen molar-refractivity contribution in [3.8, 4) is 5.75 Å². The molecule has 1 aromatic carbocycles. The molecule has 118 valence electrons. The molecule has 21 heavy (non-hydrogen) atoms. The Morgan fingerprint density at radius 2 is 2.14 bits per heavy atom. The Kier molecular flexibility index (Phi) is 6.49. The van der Waals surface area contributed by atoms with Crippen LogP contribution in [0.3, 0.4) is 0 Å². The largest absolute Gasteiger partial charge is 0.494 e. The van der Waals surface area contributed by atoms with E-state index in [1.54, 1.807) is 0 Å². The van der Waals surface area contributed by atoms with Crippen LogP contribution in [0.15, 0.2) is 24.3 Å². The van der Waals surface area contributed by atoms with E-state index in [0.717, 1.165) is 45.0 Å². The van der Waals surface area contributed by atoms with Gasteiger partial charge in [-0.3, -0.25) is 4.90 Å². The van der Waals surface area contributed by atoms with Gasteiger partial charge < -0.3 is 14.8 Å². The summed E-state index contributed by atoms with van der Waals surface area (Å²) in [6, 6.07) is 8.92. The van der Waals surface area contributed by atoms with Gasteiger partial charge in [-0.05, 0) is 38.1 Å². The number of rotatable bonds is 7. The van der Waals surface area contributed by atoms with Crippen molar-refractivity contribution >= 4 is 0 Å². The van der Waals surface area contributed by atoms with Gasteiger partial charge in [0, 0.05) is 25.7 Å². The maximum atomic E-state index is 5.77. The summed E-state index contributed by atoms with van der Waals surface area (Å²) in [6.07, 6.45) is 1.33. The zero-order valence-electron chi connectivity index (χ0n) is 13.5. The molecule has 1 fully saturated rings. The van der Waals surface area contributed by atoms with Gasteiger partial charge in [0.2, 0.25) is 0 Å². The van der Waals surface area contributed by atoms with Gasteiger partial charge in [0.25, 0.3) is 0 Å². The molecule has 1 aliphatic heterocycles. The zero-order chi connectivity index (χ0) is 15.1. The molecule has 2 rings (SSSR count). The van der Waals surface area contributed by atoms with Crippen molar-refractivity contribution in [2.45, 2.75) is 32.4 Å². The van der Waals surface area contributed by atoms with Gasteiger partial charge in [-0.25, -0.2) is 0 Å². The lowest BCUT2D eigenvalue weighted by atomic mass is 10.1. The van der Waals surface area contributed by atoms with Crippen molar-refractivity contribution in [1.82, 2.24) is 10.2 Å². The molecule has 4 heteroatoms. The Hall–Kier alpha value is -1.10. The Labute approximate surface area is 128 Å². The lowest BCUT2D eigenvalue weighted by molar-refractivity contribution is -0.0393. The minimum absolute atomic E-state index is 0.290. The van der Waals surface area contributed by atoms with Crippen molar-refractivity contribution in [2.75, 3.05) is 39.9 Å². The van der Waals surface area contributed by atoms with Crippen LogP contribution in [-0.4, -0.2) is 50.9 Å². The fourth-order valence-corrected chi connectivity index (χ4v) is 2.72. The van der Waals surface area contributed by atoms with E-state index in [2.05, 4.69) is 48.3 Å². The van der Waals surface area contributed by atoms with E-state index in [0.29, 0.717) is 12.1 Å². The van der Waals surface area contributed by atoms with Crippen molar-refractivity contribution in [3.05, 3.63) is 29.8 Å². The summed E-state index contributed by atoms with van der Waals surface area (Å²) in [5.41, 5.74) is 1.34. The Morgan fingerprint density at radius 3 is 2.81 bits per heavy atom. The quantitative estimate of drug-likeness (QED) is 0.837. The molecule has 0 saturated carbocycles. The van der Waals surface area contributed by atoms with Gasteiger partial charge in [-0.1, -0.05) is 19.1 Å². The van der Waals surface area contributed by atoms with Gasteiger partial charge in [0.1, 0.15) is 5.75 Å². The number of hydrogen-bond donors (Lipinski definition) is 1. The standard InChI is InChI=1S/C17H28N2O2/c1-4-10-20-16-7-5-15(6-8-16)14(2)19-9-11-21-17(13-19)12-18-3/h5-8,14,17-18H,4,9-13H2,1-3H3. The predicted molar refractivity (Wildman–Crippen MR) is 85.9 cm³/mol. The van der Waals surface area contributed by atoms with Crippen LogP contribution in [0.5, 0.6) is 5.75 Å². The van der Waals surface area contributed by atoms with Crippen LogP contribution in [0.25, 0.3) is 0 Å². The second kappa shape index (κ2) is 8.37. The fourth-order valence-electron chi connectivity index (χ4n) is 2.72. The van der Waals surface area contributed by atoms with E-state index in [-0.39, 0.29) is 0 Å². The number of nitrogens with zero attached hydrogens (tertiary/aromatic N) is 1. The smallest absolute Gasteiger partial charge is 0.119 e. The molecule has 0 spiro atoms. The number of benzene rings is 1. The molecule has 0 aromatic heterocycles. The van der Waals surface area contributed by atoms with E-state index in [1.165, 1.54) is 5.56 Å². The molecule has 4 nitrogen and oxygen atoms in total. The van der Waals surface area contributed by atoms with Gasteiger partial charge in [0.05, 0.1) is 19.3 Å². The Balaban J connectivity index is 1.93. The van der Waals surface area contributed by atoms with Crippen LogP contribution in [0.4, 0.5) is 0 Å². The van der Waals surface area contributed by atoms with Gasteiger partial charge in [0.15, 0.2) is 0 Å². The van der Waals surface area contributed by atoms with E-state index in [9.17, 15) is 0 Å². The minimum Gasteiger partial charge on any atom is -0.494 e. The van der Waals surface area contributed by atoms with E-state index < -0.39 is 0 Å². The summed E-state index contributed by atoms with van der Waals surface area (Å²) >= 11 is 0. The van der Waals surface area contributed by atoms with Gasteiger partial charge in [-0.2, -0.15) is 0 Å². The van der Waals surface area contributed by atoms with E-state index in [4.69, 9.17) is 9.47 Å². The fraction of sp³-hybridized carbons (Fsp3) is 0.647. The SMILES string of the molecule is CCCOc1ccc(C(C)N2CCOC(CNC)C2)cc1. The van der Waals surface area contributed by atoms with Crippen LogP contribution < -0.4 is 10.1 Å². The first kappa shape index (κ1) is 16.3. The highest BCUT2D eigenvalue weighted by Crippen LogP contribution is 2.24. The highest BCUT2D eigenvalue weighted by molar-refractivity contribution is 5.29. The molecule has 0 aliphatic carbocycles. The highest BCUT2D eigenvalue weighted by atomic mass is 16.5. The normalized spacial score (nSPS) is 21.2. The Morgan fingerprint density at radius 1 is 1.38 bits per heavy atom. The maximum absolute atomic E-state index is 5.77. The lowest BCUT2D eigenvalue weighted by Gasteiger charge is -2.37. The van der Waals surface area contributed by atoms with Crippen LogP contribution in [0, 0.1) is 0 Å². The molecule has 1 saturated heterocycles. The minimum atomic E-state index is 0.290. The average molecular weight is 292 g/mol. The van der Waals surface area contributed by atoms with Crippen LogP contribution in [0.2, 0.25) is 0 Å². The average Bonchev–Trinajstić information content (AvgIpc) is 2.53. The maximum Gasteiger partial charge on any atom is 0.119 e. The van der Waals surface area contributed by atoms with Crippen LogP contribution in [-0.2, 0) is 4.74 Å².